The van der Waals surface area contributed by atoms with E-state index >= 15 is 0 Å². The molecule has 0 bridgehead atoms. The lowest BCUT2D eigenvalue weighted by atomic mass is 9.99. The smallest absolute Gasteiger partial charge is 0.276 e. The Kier molecular flexibility index (Phi) is 6.36. The number of fused-ring (bicyclic) bond motifs is 1. The molecule has 1 aliphatic heterocycles. The average Bonchev–Trinajstić information content (AvgIpc) is 3.37. The third-order valence-electron chi connectivity index (χ3n) is 5.93. The molecule has 3 N–H and O–H groups in total. The lowest BCUT2D eigenvalue weighted by molar-refractivity contribution is 0.0342. The van der Waals surface area contributed by atoms with Gasteiger partial charge in [0.1, 0.15) is 0 Å². The van der Waals surface area contributed by atoms with Gasteiger partial charge in [-0.05, 0) is 53.1 Å². The van der Waals surface area contributed by atoms with Crippen molar-refractivity contribution in [3.8, 4) is 23.0 Å². The van der Waals surface area contributed by atoms with E-state index in [1.807, 2.05) is 30.3 Å². The summed E-state index contributed by atoms with van der Waals surface area (Å²) in [6.45, 7) is 4.50. The number of carbonyl (C=O) groups is 1. The van der Waals surface area contributed by atoms with E-state index in [1.54, 1.807) is 17.7 Å². The van der Waals surface area contributed by atoms with Gasteiger partial charge >= 0.3 is 0 Å². The van der Waals surface area contributed by atoms with Gasteiger partial charge in [0.15, 0.2) is 0 Å². The number of benzene rings is 3. The number of nitrogens with one attached hydrogen (secondary N) is 2. The number of nitrogens with zero attached hydrogens (tertiary/aromatic N) is 2. The van der Waals surface area contributed by atoms with Crippen LogP contribution in [0.2, 0.25) is 0 Å². The molecule has 7 nitrogen and oxygen atoms in total. The van der Waals surface area contributed by atoms with Crippen LogP contribution in [0.15, 0.2) is 66.9 Å². The van der Waals surface area contributed by atoms with Crippen LogP contribution in [0, 0.1) is 11.8 Å². The number of hydroxylamine groups is 1. The predicted octanol–water partition coefficient (Wildman–Crippen LogP) is 3.58. The van der Waals surface area contributed by atoms with Gasteiger partial charge in [-0.3, -0.25) is 20.0 Å². The zero-order valence-corrected chi connectivity index (χ0v) is 18.5. The first-order valence-electron chi connectivity index (χ1n) is 11.1. The number of H-pyrrole nitrogens is 1. The molecule has 170 valence electrons. The maximum atomic E-state index is 12.1. The SMILES string of the molecule is O=C(NO)c1cc(-c2ccc(C#Cc3ccc(CN4CCOCC4)cc3)cc2)cc2cn[nH]c12. The molecule has 7 heteroatoms. The normalized spacial score (nSPS) is 13.9. The van der Waals surface area contributed by atoms with Crippen molar-refractivity contribution in [3.63, 3.8) is 0 Å². The van der Waals surface area contributed by atoms with Gasteiger partial charge in [-0.1, -0.05) is 36.1 Å². The Morgan fingerprint density at radius 1 is 1.00 bits per heavy atom. The Morgan fingerprint density at radius 3 is 2.35 bits per heavy atom. The summed E-state index contributed by atoms with van der Waals surface area (Å²) in [5, 5.41) is 16.7. The van der Waals surface area contributed by atoms with E-state index in [2.05, 4.69) is 51.2 Å². The van der Waals surface area contributed by atoms with E-state index in [0.717, 1.165) is 60.5 Å². The summed E-state index contributed by atoms with van der Waals surface area (Å²) in [7, 11) is 0. The zero-order valence-electron chi connectivity index (χ0n) is 18.5. The highest BCUT2D eigenvalue weighted by atomic mass is 16.5. The van der Waals surface area contributed by atoms with Crippen molar-refractivity contribution in [2.24, 2.45) is 0 Å². The number of aromatic amines is 1. The fraction of sp³-hybridized carbons (Fsp3) is 0.185. The second-order valence-corrected chi connectivity index (χ2v) is 8.21. The Morgan fingerprint density at radius 2 is 1.68 bits per heavy atom. The molecule has 5 rings (SSSR count). The molecule has 0 saturated carbocycles. The third kappa shape index (κ3) is 4.85. The molecule has 1 saturated heterocycles. The Bertz CT molecular complexity index is 1360. The topological polar surface area (TPSA) is 90.5 Å². The molecule has 2 heterocycles. The summed E-state index contributed by atoms with van der Waals surface area (Å²) < 4.78 is 5.41. The molecule has 0 aliphatic carbocycles. The highest BCUT2D eigenvalue weighted by Crippen LogP contribution is 2.27. The van der Waals surface area contributed by atoms with E-state index in [0.29, 0.717) is 11.1 Å². The number of morpholine rings is 1. The summed E-state index contributed by atoms with van der Waals surface area (Å²) in [6, 6.07) is 19.9. The van der Waals surface area contributed by atoms with Crippen LogP contribution in [0.1, 0.15) is 27.0 Å². The van der Waals surface area contributed by atoms with Crippen molar-refractivity contribution < 1.29 is 14.7 Å². The first kappa shape index (κ1) is 21.9. The molecular formula is C27H24N4O3. The van der Waals surface area contributed by atoms with E-state index in [9.17, 15) is 4.79 Å². The molecule has 0 radical (unpaired) electrons. The maximum Gasteiger partial charge on any atom is 0.276 e. The summed E-state index contributed by atoms with van der Waals surface area (Å²) in [6.07, 6.45) is 1.65. The summed E-state index contributed by atoms with van der Waals surface area (Å²) in [5.41, 5.74) is 7.54. The van der Waals surface area contributed by atoms with Crippen LogP contribution in [0.25, 0.3) is 22.0 Å². The molecule has 0 spiro atoms. The summed E-state index contributed by atoms with van der Waals surface area (Å²) in [4.78, 5) is 14.5. The molecule has 0 unspecified atom stereocenters. The van der Waals surface area contributed by atoms with E-state index in [4.69, 9.17) is 9.94 Å². The van der Waals surface area contributed by atoms with Crippen molar-refractivity contribution >= 4 is 16.8 Å². The van der Waals surface area contributed by atoms with Crippen LogP contribution in [0.3, 0.4) is 0 Å². The molecule has 1 fully saturated rings. The van der Waals surface area contributed by atoms with Gasteiger partial charge in [-0.15, -0.1) is 0 Å². The minimum absolute atomic E-state index is 0.327. The minimum Gasteiger partial charge on any atom is -0.379 e. The van der Waals surface area contributed by atoms with Crippen LogP contribution in [-0.4, -0.2) is 52.5 Å². The van der Waals surface area contributed by atoms with Crippen LogP contribution in [0.5, 0.6) is 0 Å². The molecule has 1 aromatic heterocycles. The lowest BCUT2D eigenvalue weighted by Crippen LogP contribution is -2.35. The quantitative estimate of drug-likeness (QED) is 0.250. The number of aromatic nitrogens is 2. The number of rotatable bonds is 4. The van der Waals surface area contributed by atoms with Crippen molar-refractivity contribution in [1.82, 2.24) is 20.6 Å². The maximum absolute atomic E-state index is 12.1. The number of hydrogen-bond donors (Lipinski definition) is 3. The van der Waals surface area contributed by atoms with Gasteiger partial charge in [0.25, 0.3) is 5.91 Å². The van der Waals surface area contributed by atoms with Crippen LogP contribution >= 0.6 is 0 Å². The largest absolute Gasteiger partial charge is 0.379 e. The zero-order chi connectivity index (χ0) is 23.3. The monoisotopic (exact) mass is 452 g/mol. The van der Waals surface area contributed by atoms with Crippen LogP contribution in [0.4, 0.5) is 0 Å². The molecule has 0 atom stereocenters. The van der Waals surface area contributed by atoms with Gasteiger partial charge in [0.2, 0.25) is 0 Å². The second-order valence-electron chi connectivity index (χ2n) is 8.21. The number of hydrogen-bond acceptors (Lipinski definition) is 5. The van der Waals surface area contributed by atoms with E-state index < -0.39 is 5.91 Å². The molecule has 4 aromatic rings. The van der Waals surface area contributed by atoms with Crippen molar-refractivity contribution in [3.05, 3.63) is 89.1 Å². The van der Waals surface area contributed by atoms with Crippen LogP contribution in [-0.2, 0) is 11.3 Å². The Hall–Kier alpha value is -3.96. The standard InChI is InChI=1S/C27H24N4O3/c32-27(30-33)25-16-23(15-24-17-28-29-26(24)25)22-9-7-20(8-10-22)2-1-19-3-5-21(6-4-19)18-31-11-13-34-14-12-31/h3-10,15-17,33H,11-14,18H2,(H,28,29)(H,30,32). The van der Waals surface area contributed by atoms with Gasteiger partial charge in [0, 0.05) is 36.1 Å². The number of ether oxygens (including phenoxy) is 1. The minimum atomic E-state index is -0.588. The van der Waals surface area contributed by atoms with Gasteiger partial charge in [-0.2, -0.15) is 5.10 Å². The summed E-state index contributed by atoms with van der Waals surface area (Å²) in [5.74, 6) is 5.85. The second kappa shape index (κ2) is 9.89. The molecule has 34 heavy (non-hydrogen) atoms. The van der Waals surface area contributed by atoms with Crippen LogP contribution < -0.4 is 5.48 Å². The summed E-state index contributed by atoms with van der Waals surface area (Å²) >= 11 is 0. The predicted molar refractivity (Wildman–Crippen MR) is 129 cm³/mol. The average molecular weight is 453 g/mol. The number of carbonyl (C=O) groups excluding carboxylic acids is 1. The van der Waals surface area contributed by atoms with E-state index in [1.165, 1.54) is 5.56 Å². The molecule has 3 aromatic carbocycles. The van der Waals surface area contributed by atoms with Gasteiger partial charge < -0.3 is 4.74 Å². The van der Waals surface area contributed by atoms with Crippen molar-refractivity contribution in [2.45, 2.75) is 6.54 Å². The fourth-order valence-corrected chi connectivity index (χ4v) is 4.06. The molecule has 1 aliphatic rings. The Labute approximate surface area is 197 Å². The lowest BCUT2D eigenvalue weighted by Gasteiger charge is -2.26. The van der Waals surface area contributed by atoms with Crippen molar-refractivity contribution in [1.29, 1.82) is 0 Å². The highest BCUT2D eigenvalue weighted by molar-refractivity contribution is 6.06. The molecule has 1 amide bonds. The van der Waals surface area contributed by atoms with E-state index in [-0.39, 0.29) is 0 Å². The first-order chi connectivity index (χ1) is 16.7. The highest BCUT2D eigenvalue weighted by Gasteiger charge is 2.14. The third-order valence-corrected chi connectivity index (χ3v) is 5.93. The number of amides is 1. The Balaban J connectivity index is 1.30. The van der Waals surface area contributed by atoms with Crippen molar-refractivity contribution in [2.75, 3.05) is 26.3 Å². The van der Waals surface area contributed by atoms with Gasteiger partial charge in [0.05, 0.1) is 30.5 Å². The fourth-order valence-electron chi connectivity index (χ4n) is 4.06. The molecular weight excluding hydrogens is 428 g/mol. The first-order valence-corrected chi connectivity index (χ1v) is 11.1. The van der Waals surface area contributed by atoms with Gasteiger partial charge in [-0.25, -0.2) is 5.48 Å².